The molecule has 0 saturated carbocycles. The van der Waals surface area contributed by atoms with E-state index >= 15 is 0 Å². The first kappa shape index (κ1) is 12.1. The molecule has 1 unspecified atom stereocenters. The van der Waals surface area contributed by atoms with Gasteiger partial charge in [-0.1, -0.05) is 6.92 Å². The topological polar surface area (TPSA) is 42.7 Å². The number of nitrogens with one attached hydrogen (secondary N) is 1. The Morgan fingerprint density at radius 2 is 2.29 bits per heavy atom. The molecule has 0 aromatic carbocycles. The maximum absolute atomic E-state index is 4.43. The fourth-order valence-electron chi connectivity index (χ4n) is 1.94. The molecule has 1 atom stereocenters. The summed E-state index contributed by atoms with van der Waals surface area (Å²) in [4.78, 5) is 5.57. The van der Waals surface area contributed by atoms with Gasteiger partial charge in [0.1, 0.15) is 0 Å². The van der Waals surface area contributed by atoms with E-state index in [2.05, 4.69) is 29.2 Å². The molecule has 0 amide bonds. The van der Waals surface area contributed by atoms with Crippen LogP contribution in [-0.2, 0) is 13.5 Å². The number of hydrogen-bond acceptors (Lipinski definition) is 4. The van der Waals surface area contributed by atoms with Crippen LogP contribution in [0, 0.1) is 6.92 Å². The van der Waals surface area contributed by atoms with E-state index in [4.69, 9.17) is 0 Å². The molecule has 0 fully saturated rings. The maximum Gasteiger partial charge on any atom is 0.0853 e. The second kappa shape index (κ2) is 4.87. The van der Waals surface area contributed by atoms with Crippen LogP contribution in [0.2, 0.25) is 0 Å². The first-order valence-electron chi connectivity index (χ1n) is 5.80. The van der Waals surface area contributed by atoms with Crippen molar-refractivity contribution < 1.29 is 0 Å². The molecule has 2 heterocycles. The summed E-state index contributed by atoms with van der Waals surface area (Å²) in [5.41, 5.74) is 5.24. The van der Waals surface area contributed by atoms with Crippen molar-refractivity contribution in [1.82, 2.24) is 14.8 Å². The van der Waals surface area contributed by atoms with E-state index in [0.29, 0.717) is 0 Å². The predicted octanol–water partition coefficient (Wildman–Crippen LogP) is 2.92. The van der Waals surface area contributed by atoms with Crippen LogP contribution in [0.1, 0.15) is 36.2 Å². The fourth-order valence-corrected chi connectivity index (χ4v) is 2.75. The van der Waals surface area contributed by atoms with E-state index < -0.39 is 0 Å². The van der Waals surface area contributed by atoms with Crippen LogP contribution in [0.5, 0.6) is 0 Å². The molecule has 5 heteroatoms. The second-order valence-electron chi connectivity index (χ2n) is 4.18. The molecule has 2 rings (SSSR count). The number of nitrogens with zero attached hydrogens (tertiary/aromatic N) is 3. The molecule has 17 heavy (non-hydrogen) atoms. The molecule has 1 N–H and O–H groups in total. The van der Waals surface area contributed by atoms with Crippen LogP contribution in [0.15, 0.2) is 11.7 Å². The van der Waals surface area contributed by atoms with Crippen molar-refractivity contribution in [3.63, 3.8) is 0 Å². The van der Waals surface area contributed by atoms with E-state index in [0.717, 1.165) is 23.5 Å². The Morgan fingerprint density at radius 3 is 2.88 bits per heavy atom. The summed E-state index contributed by atoms with van der Waals surface area (Å²) >= 11 is 1.70. The minimum absolute atomic E-state index is 0.275. The zero-order valence-corrected chi connectivity index (χ0v) is 11.5. The van der Waals surface area contributed by atoms with E-state index in [-0.39, 0.29) is 6.04 Å². The van der Waals surface area contributed by atoms with E-state index in [1.807, 2.05) is 30.4 Å². The molecule has 4 nitrogen and oxygen atoms in total. The monoisotopic (exact) mass is 250 g/mol. The van der Waals surface area contributed by atoms with Crippen molar-refractivity contribution in [3.05, 3.63) is 28.0 Å². The number of aryl methyl sites for hydroxylation is 3. The van der Waals surface area contributed by atoms with Crippen LogP contribution in [0.25, 0.3) is 0 Å². The first-order valence-corrected chi connectivity index (χ1v) is 6.68. The zero-order chi connectivity index (χ0) is 12.4. The van der Waals surface area contributed by atoms with Gasteiger partial charge in [-0.25, -0.2) is 4.98 Å². The Labute approximate surface area is 106 Å². The van der Waals surface area contributed by atoms with Crippen molar-refractivity contribution in [2.24, 2.45) is 7.05 Å². The van der Waals surface area contributed by atoms with Gasteiger partial charge in [-0.3, -0.25) is 4.68 Å². The lowest BCUT2D eigenvalue weighted by Crippen LogP contribution is -2.07. The van der Waals surface area contributed by atoms with Crippen molar-refractivity contribution in [2.75, 3.05) is 5.32 Å². The van der Waals surface area contributed by atoms with Gasteiger partial charge in [-0.05, 0) is 20.3 Å². The van der Waals surface area contributed by atoms with E-state index in [1.54, 1.807) is 11.3 Å². The Hall–Kier alpha value is -1.36. The highest BCUT2D eigenvalue weighted by molar-refractivity contribution is 7.09. The fraction of sp³-hybridized carbons (Fsp3) is 0.500. The van der Waals surface area contributed by atoms with Crippen LogP contribution in [0.3, 0.4) is 0 Å². The molecule has 92 valence electrons. The van der Waals surface area contributed by atoms with Crippen molar-refractivity contribution in [1.29, 1.82) is 0 Å². The number of hydrogen-bond donors (Lipinski definition) is 1. The standard InChI is InChI=1S/C12H18N4S/c1-5-10-11(6-16(4)15-10)14-9(3)12-8(2)13-7-17-12/h6-7,9,14H,5H2,1-4H3. The lowest BCUT2D eigenvalue weighted by atomic mass is 10.2. The van der Waals surface area contributed by atoms with Gasteiger partial charge in [0.2, 0.25) is 0 Å². The normalized spacial score (nSPS) is 12.7. The van der Waals surface area contributed by atoms with Crippen LogP contribution in [0.4, 0.5) is 5.69 Å². The smallest absolute Gasteiger partial charge is 0.0853 e. The third-order valence-corrected chi connectivity index (χ3v) is 3.90. The highest BCUT2D eigenvalue weighted by Gasteiger charge is 2.13. The Bertz CT molecular complexity index is 500. The number of aromatic nitrogens is 3. The number of thiazole rings is 1. The molecule has 2 aromatic heterocycles. The van der Waals surface area contributed by atoms with Gasteiger partial charge in [0.15, 0.2) is 0 Å². The molecule has 0 saturated heterocycles. The first-order chi connectivity index (χ1) is 8.11. The molecule has 0 aliphatic carbocycles. The van der Waals surface area contributed by atoms with Crippen LogP contribution < -0.4 is 5.32 Å². The predicted molar refractivity (Wildman–Crippen MR) is 71.5 cm³/mol. The van der Waals surface area contributed by atoms with Crippen molar-refractivity contribution in [2.45, 2.75) is 33.2 Å². The highest BCUT2D eigenvalue weighted by atomic mass is 32.1. The summed E-state index contributed by atoms with van der Waals surface area (Å²) in [5, 5.41) is 7.94. The van der Waals surface area contributed by atoms with Gasteiger partial charge in [0, 0.05) is 18.1 Å². The lowest BCUT2D eigenvalue weighted by Gasteiger charge is -2.13. The largest absolute Gasteiger partial charge is 0.375 e. The van der Waals surface area contributed by atoms with E-state index in [1.165, 1.54) is 4.88 Å². The molecule has 0 aliphatic heterocycles. The summed E-state index contributed by atoms with van der Waals surface area (Å²) in [5.74, 6) is 0. The molecule has 0 radical (unpaired) electrons. The quantitative estimate of drug-likeness (QED) is 0.907. The van der Waals surface area contributed by atoms with Gasteiger partial charge in [-0.15, -0.1) is 11.3 Å². The minimum atomic E-state index is 0.275. The van der Waals surface area contributed by atoms with E-state index in [9.17, 15) is 0 Å². The van der Waals surface area contributed by atoms with Crippen molar-refractivity contribution in [3.8, 4) is 0 Å². The zero-order valence-electron chi connectivity index (χ0n) is 10.7. The molecule has 0 bridgehead atoms. The third kappa shape index (κ3) is 2.49. The van der Waals surface area contributed by atoms with Gasteiger partial charge >= 0.3 is 0 Å². The van der Waals surface area contributed by atoms with Crippen LogP contribution >= 0.6 is 11.3 Å². The Balaban J connectivity index is 2.18. The Kier molecular flexibility index (Phi) is 3.47. The molecular formula is C12H18N4S. The van der Waals surface area contributed by atoms with Crippen molar-refractivity contribution >= 4 is 17.0 Å². The highest BCUT2D eigenvalue weighted by Crippen LogP contribution is 2.26. The third-order valence-electron chi connectivity index (χ3n) is 2.79. The summed E-state index contributed by atoms with van der Waals surface area (Å²) < 4.78 is 1.85. The number of anilines is 1. The van der Waals surface area contributed by atoms with Gasteiger partial charge in [-0.2, -0.15) is 5.10 Å². The van der Waals surface area contributed by atoms with Gasteiger partial charge in [0.25, 0.3) is 0 Å². The van der Waals surface area contributed by atoms with Gasteiger partial charge in [0.05, 0.1) is 28.6 Å². The minimum Gasteiger partial charge on any atom is -0.375 e. The average molecular weight is 250 g/mol. The summed E-state index contributed by atoms with van der Waals surface area (Å²) in [6, 6.07) is 0.275. The lowest BCUT2D eigenvalue weighted by molar-refractivity contribution is 0.746. The SMILES string of the molecule is CCc1nn(C)cc1NC(C)c1scnc1C. The summed E-state index contributed by atoms with van der Waals surface area (Å²) in [7, 11) is 1.95. The molecule has 0 aliphatic rings. The molecular weight excluding hydrogens is 232 g/mol. The second-order valence-corrected chi connectivity index (χ2v) is 5.07. The van der Waals surface area contributed by atoms with Gasteiger partial charge < -0.3 is 5.32 Å². The Morgan fingerprint density at radius 1 is 1.53 bits per heavy atom. The molecule has 2 aromatic rings. The molecule has 0 spiro atoms. The maximum atomic E-state index is 4.43. The van der Waals surface area contributed by atoms with Crippen LogP contribution in [-0.4, -0.2) is 14.8 Å². The summed E-state index contributed by atoms with van der Waals surface area (Å²) in [6.07, 6.45) is 2.98. The summed E-state index contributed by atoms with van der Waals surface area (Å²) in [6.45, 7) is 6.33. The average Bonchev–Trinajstić information content (AvgIpc) is 2.84. The number of rotatable bonds is 4.